The molecular weight excluding hydrogens is 386 g/mol. The zero-order chi connectivity index (χ0) is 20.2. The van der Waals surface area contributed by atoms with Crippen molar-refractivity contribution >= 4 is 35.2 Å². The standard InChI is InChI=1S/C23H24ClN3O2/c24-19-9-4-10-20(16-19)27-22(28)17-21(23(27)29)26-14-12-25(13-15-26)11-5-8-18-6-2-1-3-7-18/h1-10,16,21H,11-15,17H2/p+2/b8-5+/t21-/m0/s1. The van der Waals surface area contributed by atoms with Gasteiger partial charge in [-0.3, -0.25) is 9.59 Å². The van der Waals surface area contributed by atoms with Crippen LogP contribution in [0.15, 0.2) is 60.7 Å². The lowest BCUT2D eigenvalue weighted by molar-refractivity contribution is -1.02. The zero-order valence-electron chi connectivity index (χ0n) is 16.3. The second kappa shape index (κ2) is 8.91. The van der Waals surface area contributed by atoms with E-state index in [1.165, 1.54) is 20.3 Å². The third-order valence-electron chi connectivity index (χ3n) is 5.82. The number of benzene rings is 2. The van der Waals surface area contributed by atoms with Gasteiger partial charge < -0.3 is 9.80 Å². The predicted octanol–water partition coefficient (Wildman–Crippen LogP) is 0.469. The molecule has 2 saturated heterocycles. The van der Waals surface area contributed by atoms with Gasteiger partial charge in [-0.25, -0.2) is 4.90 Å². The van der Waals surface area contributed by atoms with Gasteiger partial charge in [0.1, 0.15) is 26.2 Å². The molecule has 2 amide bonds. The van der Waals surface area contributed by atoms with Crippen LogP contribution in [0, 0.1) is 0 Å². The van der Waals surface area contributed by atoms with E-state index in [-0.39, 0.29) is 24.3 Å². The van der Waals surface area contributed by atoms with Crippen LogP contribution in [-0.4, -0.2) is 50.6 Å². The first-order valence-corrected chi connectivity index (χ1v) is 10.5. The minimum absolute atomic E-state index is 0.0975. The van der Waals surface area contributed by atoms with Gasteiger partial charge in [0, 0.05) is 5.02 Å². The number of rotatable bonds is 5. The summed E-state index contributed by atoms with van der Waals surface area (Å²) in [5.41, 5.74) is 1.79. The fraction of sp³-hybridized carbons (Fsp3) is 0.304. The Morgan fingerprint density at radius 3 is 2.48 bits per heavy atom. The number of quaternary nitrogens is 2. The molecule has 4 rings (SSSR count). The monoisotopic (exact) mass is 411 g/mol. The van der Waals surface area contributed by atoms with Crippen LogP contribution in [0.25, 0.3) is 6.08 Å². The number of amides is 2. The van der Waals surface area contributed by atoms with E-state index in [0.29, 0.717) is 10.7 Å². The minimum atomic E-state index is -0.275. The highest BCUT2D eigenvalue weighted by molar-refractivity contribution is 6.31. The van der Waals surface area contributed by atoms with Crippen LogP contribution in [-0.2, 0) is 9.59 Å². The largest absolute Gasteiger partial charge is 0.322 e. The molecule has 0 aromatic heterocycles. The molecule has 6 heteroatoms. The molecule has 0 unspecified atom stereocenters. The van der Waals surface area contributed by atoms with E-state index in [2.05, 4.69) is 24.3 Å². The predicted molar refractivity (Wildman–Crippen MR) is 114 cm³/mol. The van der Waals surface area contributed by atoms with E-state index in [4.69, 9.17) is 11.6 Å². The van der Waals surface area contributed by atoms with Crippen molar-refractivity contribution in [3.8, 4) is 0 Å². The Labute approximate surface area is 176 Å². The molecule has 1 atom stereocenters. The number of nitrogens with zero attached hydrogens (tertiary/aromatic N) is 1. The number of hydrogen-bond donors (Lipinski definition) is 2. The van der Waals surface area contributed by atoms with Crippen LogP contribution in [0.1, 0.15) is 12.0 Å². The van der Waals surface area contributed by atoms with Gasteiger partial charge in [-0.05, 0) is 29.8 Å². The molecule has 2 aliphatic rings. The van der Waals surface area contributed by atoms with Gasteiger partial charge in [0.05, 0.1) is 18.7 Å². The van der Waals surface area contributed by atoms with Crippen molar-refractivity contribution in [1.82, 2.24) is 0 Å². The first kappa shape index (κ1) is 19.8. The van der Waals surface area contributed by atoms with Crippen LogP contribution >= 0.6 is 11.6 Å². The highest BCUT2D eigenvalue weighted by Crippen LogP contribution is 2.24. The molecule has 0 radical (unpaired) electrons. The summed E-state index contributed by atoms with van der Waals surface area (Å²) in [7, 11) is 0. The lowest BCUT2D eigenvalue weighted by Gasteiger charge is -2.31. The molecular formula is C23H26ClN3O2+2. The van der Waals surface area contributed by atoms with Crippen molar-refractivity contribution in [2.75, 3.05) is 37.6 Å². The maximum absolute atomic E-state index is 13.0. The highest BCUT2D eigenvalue weighted by Gasteiger charge is 2.46. The second-order valence-electron chi connectivity index (χ2n) is 7.73. The van der Waals surface area contributed by atoms with Crippen molar-refractivity contribution < 1.29 is 19.4 Å². The van der Waals surface area contributed by atoms with E-state index in [1.54, 1.807) is 24.3 Å². The third kappa shape index (κ3) is 4.58. The van der Waals surface area contributed by atoms with E-state index >= 15 is 0 Å². The molecule has 2 aromatic rings. The van der Waals surface area contributed by atoms with Crippen molar-refractivity contribution in [2.24, 2.45) is 0 Å². The quantitative estimate of drug-likeness (QED) is 0.703. The Bertz CT molecular complexity index is 907. The summed E-state index contributed by atoms with van der Waals surface area (Å²) < 4.78 is 0. The van der Waals surface area contributed by atoms with Gasteiger partial charge in [0.15, 0.2) is 6.04 Å². The molecule has 2 N–H and O–H groups in total. The third-order valence-corrected chi connectivity index (χ3v) is 6.06. The summed E-state index contributed by atoms with van der Waals surface area (Å²) in [6.07, 6.45) is 4.67. The summed E-state index contributed by atoms with van der Waals surface area (Å²) >= 11 is 6.04. The summed E-state index contributed by atoms with van der Waals surface area (Å²) in [6.45, 7) is 4.80. The first-order chi connectivity index (χ1) is 14.1. The summed E-state index contributed by atoms with van der Waals surface area (Å²) in [5, 5.41) is 0.527. The van der Waals surface area contributed by atoms with Crippen molar-refractivity contribution in [3.05, 3.63) is 71.3 Å². The number of carbonyl (C=O) groups is 2. The molecule has 0 bridgehead atoms. The zero-order valence-corrected chi connectivity index (χ0v) is 17.1. The molecule has 0 aliphatic carbocycles. The maximum atomic E-state index is 13.0. The number of piperazine rings is 1. The average molecular weight is 412 g/mol. The fourth-order valence-electron chi connectivity index (χ4n) is 4.24. The normalized spacial score (nSPS) is 25.1. The number of anilines is 1. The van der Waals surface area contributed by atoms with Crippen molar-refractivity contribution in [2.45, 2.75) is 12.5 Å². The first-order valence-electron chi connectivity index (χ1n) is 10.1. The number of carbonyl (C=O) groups excluding carboxylic acids is 2. The number of imide groups is 1. The van der Waals surface area contributed by atoms with E-state index in [9.17, 15) is 9.59 Å². The number of hydrogen-bond acceptors (Lipinski definition) is 2. The van der Waals surface area contributed by atoms with Crippen LogP contribution < -0.4 is 14.7 Å². The highest BCUT2D eigenvalue weighted by atomic mass is 35.5. The van der Waals surface area contributed by atoms with Crippen LogP contribution in [0.5, 0.6) is 0 Å². The number of nitrogens with one attached hydrogen (secondary N) is 2. The van der Waals surface area contributed by atoms with Gasteiger partial charge in [0.25, 0.3) is 5.91 Å². The van der Waals surface area contributed by atoms with E-state index in [1.807, 2.05) is 18.2 Å². The SMILES string of the molecule is O=C1C[C@H]([NH+]2CC[NH+](C/C=C/c3ccccc3)CC2)C(=O)N1c1cccc(Cl)c1. The van der Waals surface area contributed by atoms with Gasteiger partial charge in [-0.2, -0.15) is 0 Å². The average Bonchev–Trinajstić information content (AvgIpc) is 3.03. The Morgan fingerprint density at radius 1 is 1.00 bits per heavy atom. The Balaban J connectivity index is 1.32. The van der Waals surface area contributed by atoms with Crippen molar-refractivity contribution in [1.29, 1.82) is 0 Å². The second-order valence-corrected chi connectivity index (χ2v) is 8.17. The molecule has 2 heterocycles. The Hall–Kier alpha value is -2.47. The maximum Gasteiger partial charge on any atom is 0.292 e. The minimum Gasteiger partial charge on any atom is -0.322 e. The van der Waals surface area contributed by atoms with Crippen LogP contribution in [0.2, 0.25) is 5.02 Å². The molecule has 2 aliphatic heterocycles. The lowest BCUT2D eigenvalue weighted by atomic mass is 10.1. The van der Waals surface area contributed by atoms with Gasteiger partial charge in [-0.1, -0.05) is 54.1 Å². The van der Waals surface area contributed by atoms with Crippen LogP contribution in [0.3, 0.4) is 0 Å². The fourth-order valence-corrected chi connectivity index (χ4v) is 4.42. The van der Waals surface area contributed by atoms with Crippen LogP contribution in [0.4, 0.5) is 5.69 Å². The lowest BCUT2D eigenvalue weighted by Crippen LogP contribution is -3.30. The summed E-state index contributed by atoms with van der Waals surface area (Å²) in [4.78, 5) is 29.5. The van der Waals surface area contributed by atoms with E-state index in [0.717, 1.165) is 32.7 Å². The van der Waals surface area contributed by atoms with Gasteiger partial charge >= 0.3 is 0 Å². The molecule has 2 aromatic carbocycles. The smallest absolute Gasteiger partial charge is 0.292 e. The molecule has 2 fully saturated rings. The molecule has 5 nitrogen and oxygen atoms in total. The Morgan fingerprint density at radius 2 is 1.76 bits per heavy atom. The van der Waals surface area contributed by atoms with Gasteiger partial charge in [-0.15, -0.1) is 0 Å². The number of halogens is 1. The molecule has 0 saturated carbocycles. The molecule has 0 spiro atoms. The molecule has 29 heavy (non-hydrogen) atoms. The molecule has 150 valence electrons. The van der Waals surface area contributed by atoms with Crippen molar-refractivity contribution in [3.63, 3.8) is 0 Å². The summed E-state index contributed by atoms with van der Waals surface area (Å²) in [5.74, 6) is -0.227. The topological polar surface area (TPSA) is 46.3 Å². The van der Waals surface area contributed by atoms with Gasteiger partial charge in [0.2, 0.25) is 5.91 Å². The van der Waals surface area contributed by atoms with E-state index < -0.39 is 0 Å². The Kier molecular flexibility index (Phi) is 6.09. The summed E-state index contributed by atoms with van der Waals surface area (Å²) in [6, 6.07) is 17.0.